The molecule has 0 aliphatic carbocycles. The van der Waals surface area contributed by atoms with E-state index < -0.39 is 0 Å². The Morgan fingerprint density at radius 1 is 0.619 bits per heavy atom. The fourth-order valence-corrected chi connectivity index (χ4v) is 1.40. The molecule has 0 saturated heterocycles. The minimum absolute atomic E-state index is 0.102. The van der Waals surface area contributed by atoms with Crippen molar-refractivity contribution in [3.05, 3.63) is 0 Å². The minimum Gasteiger partial charge on any atom is -0.379 e. The zero-order valence-corrected chi connectivity index (χ0v) is 13.9. The van der Waals surface area contributed by atoms with Crippen molar-refractivity contribution in [3.63, 3.8) is 0 Å². The first-order valence-corrected chi connectivity index (χ1v) is 7.71. The first-order valence-electron chi connectivity index (χ1n) is 7.71. The Morgan fingerprint density at radius 2 is 1.05 bits per heavy atom. The average Bonchev–Trinajstić information content (AvgIpc) is 2.42. The lowest BCUT2D eigenvalue weighted by atomic mass is 10.2. The Hall–Kier alpha value is -0.240. The van der Waals surface area contributed by atoms with Gasteiger partial charge in [-0.2, -0.15) is 0 Å². The van der Waals surface area contributed by atoms with Crippen LogP contribution in [-0.4, -0.2) is 71.6 Å². The molecular weight excluding hydrogens is 274 g/mol. The van der Waals surface area contributed by atoms with Gasteiger partial charge >= 0.3 is 0 Å². The van der Waals surface area contributed by atoms with E-state index in [0.717, 1.165) is 6.42 Å². The minimum atomic E-state index is -0.102. The molecule has 0 aromatic rings. The molecule has 0 aliphatic rings. The molecule has 0 unspecified atom stereocenters. The summed E-state index contributed by atoms with van der Waals surface area (Å²) in [6.07, 6.45) is 0.879. The lowest BCUT2D eigenvalue weighted by molar-refractivity contribution is -0.0432. The summed E-state index contributed by atoms with van der Waals surface area (Å²) in [6, 6.07) is 0. The van der Waals surface area contributed by atoms with E-state index in [-0.39, 0.29) is 5.60 Å². The second-order valence-electron chi connectivity index (χ2n) is 5.55. The number of ether oxygens (including phenoxy) is 5. The van der Waals surface area contributed by atoms with Gasteiger partial charge < -0.3 is 29.4 Å². The van der Waals surface area contributed by atoms with Gasteiger partial charge in [0.2, 0.25) is 0 Å². The Morgan fingerprint density at radius 3 is 1.52 bits per heavy atom. The van der Waals surface area contributed by atoms with Crippen LogP contribution >= 0.6 is 0 Å². The second kappa shape index (κ2) is 14.7. The summed E-state index contributed by atoms with van der Waals surface area (Å²) in [5, 5.41) is 0. The number of nitrogens with two attached hydrogens (primary N) is 1. The third-order valence-corrected chi connectivity index (χ3v) is 2.35. The van der Waals surface area contributed by atoms with Crippen LogP contribution in [0, 0.1) is 0 Å². The van der Waals surface area contributed by atoms with Crippen molar-refractivity contribution in [2.24, 2.45) is 5.73 Å². The summed E-state index contributed by atoms with van der Waals surface area (Å²) in [4.78, 5) is 0. The maximum atomic E-state index is 5.54. The Bertz CT molecular complexity index is 209. The lowest BCUT2D eigenvalue weighted by Crippen LogP contribution is -2.22. The number of hydrogen-bond acceptors (Lipinski definition) is 6. The van der Waals surface area contributed by atoms with E-state index in [1.54, 1.807) is 0 Å². The third-order valence-electron chi connectivity index (χ3n) is 2.35. The lowest BCUT2D eigenvalue weighted by Gasteiger charge is -2.19. The highest BCUT2D eigenvalue weighted by atomic mass is 16.6. The van der Waals surface area contributed by atoms with Gasteiger partial charge in [0.25, 0.3) is 0 Å². The molecular formula is C15H33NO5. The van der Waals surface area contributed by atoms with Crippen molar-refractivity contribution < 1.29 is 23.7 Å². The average molecular weight is 307 g/mol. The van der Waals surface area contributed by atoms with Crippen molar-refractivity contribution in [2.75, 3.05) is 66.0 Å². The molecule has 6 nitrogen and oxygen atoms in total. The maximum absolute atomic E-state index is 5.54. The third kappa shape index (κ3) is 19.8. The molecule has 128 valence electrons. The molecule has 0 aromatic carbocycles. The molecule has 2 N–H and O–H groups in total. The summed E-state index contributed by atoms with van der Waals surface area (Å²) in [5.74, 6) is 0. The van der Waals surface area contributed by atoms with Crippen LogP contribution < -0.4 is 5.73 Å². The molecule has 0 bridgehead atoms. The molecule has 21 heavy (non-hydrogen) atoms. The van der Waals surface area contributed by atoms with E-state index in [1.807, 2.05) is 20.8 Å². The zero-order chi connectivity index (χ0) is 15.8. The van der Waals surface area contributed by atoms with Gasteiger partial charge in [0.15, 0.2) is 0 Å². The fourth-order valence-electron chi connectivity index (χ4n) is 1.40. The molecule has 0 amide bonds. The van der Waals surface area contributed by atoms with Crippen molar-refractivity contribution in [1.29, 1.82) is 0 Å². The molecule has 0 aliphatic heterocycles. The zero-order valence-electron chi connectivity index (χ0n) is 13.9. The van der Waals surface area contributed by atoms with Gasteiger partial charge in [-0.3, -0.25) is 0 Å². The van der Waals surface area contributed by atoms with E-state index in [2.05, 4.69) is 0 Å². The summed E-state index contributed by atoms with van der Waals surface area (Å²) in [5.41, 5.74) is 5.19. The first kappa shape index (κ1) is 20.8. The standard InChI is InChI=1S/C15H33NO5/c1-15(2,3)21-14-13-20-12-10-18-7-4-6-17-9-11-19-8-5-16/h4-14,16H2,1-3H3. The van der Waals surface area contributed by atoms with Gasteiger partial charge in [-0.05, 0) is 27.2 Å². The van der Waals surface area contributed by atoms with Crippen molar-refractivity contribution in [1.82, 2.24) is 0 Å². The predicted octanol–water partition coefficient (Wildman–Crippen LogP) is 1.22. The molecule has 0 spiro atoms. The highest BCUT2D eigenvalue weighted by Crippen LogP contribution is 2.05. The monoisotopic (exact) mass is 307 g/mol. The van der Waals surface area contributed by atoms with E-state index in [9.17, 15) is 0 Å². The van der Waals surface area contributed by atoms with Crippen LogP contribution in [0.4, 0.5) is 0 Å². The Labute approximate surface area is 129 Å². The Balaban J connectivity index is 3.00. The van der Waals surface area contributed by atoms with Gasteiger partial charge in [0, 0.05) is 19.8 Å². The fraction of sp³-hybridized carbons (Fsp3) is 1.00. The summed E-state index contributed by atoms with van der Waals surface area (Å²) < 4.78 is 26.9. The van der Waals surface area contributed by atoms with Crippen LogP contribution in [-0.2, 0) is 23.7 Å². The molecule has 0 saturated carbocycles. The smallest absolute Gasteiger partial charge is 0.0707 e. The van der Waals surface area contributed by atoms with Crippen molar-refractivity contribution >= 4 is 0 Å². The topological polar surface area (TPSA) is 72.2 Å². The van der Waals surface area contributed by atoms with Gasteiger partial charge in [-0.25, -0.2) is 0 Å². The van der Waals surface area contributed by atoms with E-state index in [4.69, 9.17) is 29.4 Å². The van der Waals surface area contributed by atoms with E-state index in [1.165, 1.54) is 0 Å². The molecule has 0 heterocycles. The molecule has 0 radical (unpaired) electrons. The van der Waals surface area contributed by atoms with E-state index in [0.29, 0.717) is 66.0 Å². The summed E-state index contributed by atoms with van der Waals surface area (Å²) in [7, 11) is 0. The van der Waals surface area contributed by atoms with Gasteiger partial charge in [-0.1, -0.05) is 0 Å². The van der Waals surface area contributed by atoms with Crippen molar-refractivity contribution in [2.45, 2.75) is 32.8 Å². The van der Waals surface area contributed by atoms with E-state index >= 15 is 0 Å². The largest absolute Gasteiger partial charge is 0.379 e. The SMILES string of the molecule is CC(C)(C)OCCOCCOCCCOCCOCCN. The first-order chi connectivity index (χ1) is 10.1. The highest BCUT2D eigenvalue weighted by Gasteiger charge is 2.08. The van der Waals surface area contributed by atoms with Crippen LogP contribution in [0.5, 0.6) is 0 Å². The van der Waals surface area contributed by atoms with Crippen LogP contribution in [0.25, 0.3) is 0 Å². The second-order valence-corrected chi connectivity index (χ2v) is 5.55. The van der Waals surface area contributed by atoms with Gasteiger partial charge in [0.1, 0.15) is 0 Å². The normalized spacial score (nSPS) is 12.0. The number of rotatable bonds is 15. The van der Waals surface area contributed by atoms with Gasteiger partial charge in [0.05, 0.1) is 51.8 Å². The summed E-state index contributed by atoms with van der Waals surface area (Å²) in [6.45, 7) is 12.2. The molecule has 0 fully saturated rings. The summed E-state index contributed by atoms with van der Waals surface area (Å²) >= 11 is 0. The highest BCUT2D eigenvalue weighted by molar-refractivity contribution is 4.57. The Kier molecular flexibility index (Phi) is 14.5. The van der Waals surface area contributed by atoms with Crippen molar-refractivity contribution in [3.8, 4) is 0 Å². The predicted molar refractivity (Wildman–Crippen MR) is 82.7 cm³/mol. The van der Waals surface area contributed by atoms with Crippen LogP contribution in [0.15, 0.2) is 0 Å². The van der Waals surface area contributed by atoms with Crippen LogP contribution in [0.2, 0.25) is 0 Å². The molecule has 0 aromatic heterocycles. The molecule has 0 rings (SSSR count). The quantitative estimate of drug-likeness (QED) is 0.459. The molecule has 0 atom stereocenters. The molecule has 6 heteroatoms. The van der Waals surface area contributed by atoms with Crippen LogP contribution in [0.3, 0.4) is 0 Å². The maximum Gasteiger partial charge on any atom is 0.0707 e. The van der Waals surface area contributed by atoms with Crippen LogP contribution in [0.1, 0.15) is 27.2 Å². The van der Waals surface area contributed by atoms with Gasteiger partial charge in [-0.15, -0.1) is 0 Å². The number of hydrogen-bond donors (Lipinski definition) is 1.